The molecule has 1 aliphatic heterocycles. The van der Waals surface area contributed by atoms with E-state index in [0.29, 0.717) is 31.1 Å². The first-order valence-corrected chi connectivity index (χ1v) is 10.5. The Morgan fingerprint density at radius 3 is 2.80 bits per heavy atom. The Bertz CT molecular complexity index is 862. The van der Waals surface area contributed by atoms with Gasteiger partial charge in [-0.3, -0.25) is 4.90 Å². The molecule has 5 nitrogen and oxygen atoms in total. The van der Waals surface area contributed by atoms with E-state index < -0.39 is 6.10 Å². The van der Waals surface area contributed by atoms with E-state index in [1.54, 1.807) is 6.07 Å². The molecule has 0 aromatic heterocycles. The summed E-state index contributed by atoms with van der Waals surface area (Å²) in [7, 11) is 0. The second-order valence-corrected chi connectivity index (χ2v) is 8.22. The largest absolute Gasteiger partial charge is 0.390 e. The maximum Gasteiger partial charge on any atom is 0.145 e. The summed E-state index contributed by atoms with van der Waals surface area (Å²) in [5.41, 5.74) is 2.50. The van der Waals surface area contributed by atoms with Crippen molar-refractivity contribution in [1.82, 2.24) is 4.90 Å². The lowest BCUT2D eigenvalue weighted by Crippen LogP contribution is -2.39. The van der Waals surface area contributed by atoms with E-state index in [9.17, 15) is 9.50 Å². The van der Waals surface area contributed by atoms with Crippen LogP contribution in [0.1, 0.15) is 31.4 Å². The number of ether oxygens (including phenoxy) is 1. The Balaban J connectivity index is 1.64. The zero-order valence-corrected chi connectivity index (χ0v) is 18.1. The van der Waals surface area contributed by atoms with E-state index in [1.165, 1.54) is 12.1 Å². The second-order valence-electron chi connectivity index (χ2n) is 7.81. The van der Waals surface area contributed by atoms with Crippen molar-refractivity contribution in [3.8, 4) is 0 Å². The smallest absolute Gasteiger partial charge is 0.145 e. The lowest BCUT2D eigenvalue weighted by molar-refractivity contribution is -0.0194. The van der Waals surface area contributed by atoms with Gasteiger partial charge in [0.15, 0.2) is 0 Å². The Morgan fingerprint density at radius 2 is 2.07 bits per heavy atom. The lowest BCUT2D eigenvalue weighted by Gasteiger charge is -2.27. The van der Waals surface area contributed by atoms with Crippen molar-refractivity contribution in [1.29, 1.82) is 0 Å². The molecule has 7 heteroatoms. The predicted molar refractivity (Wildman–Crippen MR) is 116 cm³/mol. The lowest BCUT2D eigenvalue weighted by atomic mass is 10.0. The highest BCUT2D eigenvalue weighted by Gasteiger charge is 2.26. The molecule has 2 aromatic carbocycles. The molecule has 2 atom stereocenters. The Labute approximate surface area is 182 Å². The van der Waals surface area contributed by atoms with Crippen molar-refractivity contribution in [2.45, 2.75) is 45.1 Å². The van der Waals surface area contributed by atoms with Gasteiger partial charge >= 0.3 is 0 Å². The van der Waals surface area contributed by atoms with Gasteiger partial charge in [0.1, 0.15) is 11.9 Å². The average molecular weight is 435 g/mol. The SMILES string of the molecule is CC(C)OC[C@@H](O)CN(Cc1cccc(F)c1)C[C@@H]1CC(c2ccccc2Cl)=NO1. The number of halogens is 2. The minimum absolute atomic E-state index is 0.0427. The normalized spacial score (nSPS) is 17.3. The molecule has 0 amide bonds. The highest BCUT2D eigenvalue weighted by molar-refractivity contribution is 6.34. The molecule has 0 unspecified atom stereocenters. The highest BCUT2D eigenvalue weighted by Crippen LogP contribution is 2.23. The molecular weight excluding hydrogens is 407 g/mol. The molecule has 1 aliphatic rings. The number of aliphatic hydroxyl groups is 1. The van der Waals surface area contributed by atoms with Gasteiger partial charge in [-0.2, -0.15) is 0 Å². The first-order chi connectivity index (χ1) is 14.4. The molecule has 0 aliphatic carbocycles. The predicted octanol–water partition coefficient (Wildman–Crippen LogP) is 4.26. The standard InChI is InChI=1S/C23H28ClFN2O3/c1-16(2)29-15-19(28)13-27(12-17-6-5-7-18(25)10-17)14-20-11-23(26-30-20)21-8-3-4-9-22(21)24/h3-10,16,19-20,28H,11-15H2,1-2H3/t19-,20-/m0/s1. The van der Waals surface area contributed by atoms with Gasteiger partial charge in [-0.15, -0.1) is 0 Å². The number of benzene rings is 2. The Hall–Kier alpha value is -1.99. The van der Waals surface area contributed by atoms with Crippen LogP contribution in [0.15, 0.2) is 53.7 Å². The van der Waals surface area contributed by atoms with Gasteiger partial charge in [-0.05, 0) is 37.6 Å². The summed E-state index contributed by atoms with van der Waals surface area (Å²) in [6.45, 7) is 5.49. The molecular formula is C23H28ClFN2O3. The van der Waals surface area contributed by atoms with Crippen molar-refractivity contribution in [2.75, 3.05) is 19.7 Å². The molecule has 0 fully saturated rings. The Kier molecular flexibility index (Phi) is 8.22. The number of hydrogen-bond donors (Lipinski definition) is 1. The molecule has 0 spiro atoms. The van der Waals surface area contributed by atoms with Crippen LogP contribution in [0.25, 0.3) is 0 Å². The number of hydrogen-bond acceptors (Lipinski definition) is 5. The summed E-state index contributed by atoms with van der Waals surface area (Å²) in [6, 6.07) is 14.0. The molecule has 0 saturated carbocycles. The van der Waals surface area contributed by atoms with Crippen molar-refractivity contribution >= 4 is 17.3 Å². The van der Waals surface area contributed by atoms with Gasteiger partial charge in [0.05, 0.1) is 24.5 Å². The van der Waals surface area contributed by atoms with E-state index in [2.05, 4.69) is 5.16 Å². The third-order valence-electron chi connectivity index (χ3n) is 4.77. The van der Waals surface area contributed by atoms with Crippen molar-refractivity contribution in [3.63, 3.8) is 0 Å². The van der Waals surface area contributed by atoms with Crippen LogP contribution in [-0.2, 0) is 16.1 Å². The van der Waals surface area contributed by atoms with Gasteiger partial charge in [0, 0.05) is 36.6 Å². The van der Waals surface area contributed by atoms with Crippen LogP contribution < -0.4 is 0 Å². The van der Waals surface area contributed by atoms with Gasteiger partial charge in [-0.25, -0.2) is 4.39 Å². The van der Waals surface area contributed by atoms with Crippen LogP contribution in [0.4, 0.5) is 4.39 Å². The third kappa shape index (κ3) is 6.77. The minimum Gasteiger partial charge on any atom is -0.390 e. The Morgan fingerprint density at radius 1 is 1.27 bits per heavy atom. The van der Waals surface area contributed by atoms with Gasteiger partial charge in [-0.1, -0.05) is 47.1 Å². The van der Waals surface area contributed by atoms with E-state index >= 15 is 0 Å². The zero-order valence-electron chi connectivity index (χ0n) is 17.3. The van der Waals surface area contributed by atoms with Gasteiger partial charge in [0.2, 0.25) is 0 Å². The molecule has 1 heterocycles. The molecule has 0 radical (unpaired) electrons. The molecule has 0 bridgehead atoms. The number of nitrogens with zero attached hydrogens (tertiary/aromatic N) is 2. The van der Waals surface area contributed by atoms with Crippen LogP contribution >= 0.6 is 11.6 Å². The van der Waals surface area contributed by atoms with Crippen LogP contribution in [-0.4, -0.2) is 53.7 Å². The monoisotopic (exact) mass is 434 g/mol. The van der Waals surface area contributed by atoms with Crippen LogP contribution in [0.2, 0.25) is 5.02 Å². The van der Waals surface area contributed by atoms with E-state index in [-0.39, 0.29) is 24.6 Å². The molecule has 30 heavy (non-hydrogen) atoms. The number of rotatable bonds is 10. The van der Waals surface area contributed by atoms with Crippen LogP contribution in [0.3, 0.4) is 0 Å². The summed E-state index contributed by atoms with van der Waals surface area (Å²) in [6.07, 6.45) is -0.183. The zero-order chi connectivity index (χ0) is 21.5. The fraction of sp³-hybridized carbons (Fsp3) is 0.435. The fourth-order valence-electron chi connectivity index (χ4n) is 3.42. The second kappa shape index (κ2) is 10.9. The number of aliphatic hydroxyl groups excluding tert-OH is 1. The fourth-order valence-corrected chi connectivity index (χ4v) is 3.66. The highest BCUT2D eigenvalue weighted by atomic mass is 35.5. The average Bonchev–Trinajstić information content (AvgIpc) is 3.15. The van der Waals surface area contributed by atoms with Crippen LogP contribution in [0, 0.1) is 5.82 Å². The quantitative estimate of drug-likeness (QED) is 0.607. The maximum absolute atomic E-state index is 13.6. The summed E-state index contributed by atoms with van der Waals surface area (Å²) < 4.78 is 19.2. The van der Waals surface area contributed by atoms with Crippen molar-refractivity contribution in [2.24, 2.45) is 5.16 Å². The van der Waals surface area contributed by atoms with Crippen molar-refractivity contribution in [3.05, 3.63) is 70.5 Å². The van der Waals surface area contributed by atoms with E-state index in [0.717, 1.165) is 16.8 Å². The number of oxime groups is 1. The molecule has 162 valence electrons. The molecule has 3 rings (SSSR count). The molecule has 2 aromatic rings. The van der Waals surface area contributed by atoms with E-state index in [1.807, 2.05) is 49.1 Å². The third-order valence-corrected chi connectivity index (χ3v) is 5.10. The first-order valence-electron chi connectivity index (χ1n) is 10.1. The van der Waals surface area contributed by atoms with Gasteiger partial charge in [0.25, 0.3) is 0 Å². The van der Waals surface area contributed by atoms with E-state index in [4.69, 9.17) is 21.2 Å². The summed E-state index contributed by atoms with van der Waals surface area (Å²) in [5.74, 6) is -0.280. The van der Waals surface area contributed by atoms with Crippen molar-refractivity contribution < 1.29 is 19.1 Å². The summed E-state index contributed by atoms with van der Waals surface area (Å²) >= 11 is 6.28. The van der Waals surface area contributed by atoms with Gasteiger partial charge < -0.3 is 14.7 Å². The minimum atomic E-state index is -0.661. The topological polar surface area (TPSA) is 54.3 Å². The summed E-state index contributed by atoms with van der Waals surface area (Å²) in [5, 5.41) is 15.3. The maximum atomic E-state index is 13.6. The van der Waals surface area contributed by atoms with Crippen LogP contribution in [0.5, 0.6) is 0 Å². The molecule has 1 N–H and O–H groups in total. The molecule has 0 saturated heterocycles. The summed E-state index contributed by atoms with van der Waals surface area (Å²) in [4.78, 5) is 7.69. The first kappa shape index (κ1) is 22.7.